The average Bonchev–Trinajstić information content (AvgIpc) is 2.80. The summed E-state index contributed by atoms with van der Waals surface area (Å²) < 4.78 is 6.47. The number of halogens is 1. The lowest BCUT2D eigenvalue weighted by atomic mass is 10.1. The first kappa shape index (κ1) is 14.9. The molecular formula is C13H14ClN3O2S. The Bertz CT molecular complexity index is 598. The quantitative estimate of drug-likeness (QED) is 0.626. The number of aromatic nitrogens is 3. The van der Waals surface area contributed by atoms with Crippen LogP contribution in [0.4, 0.5) is 0 Å². The minimum Gasteiger partial charge on any atom is -0.468 e. The maximum Gasteiger partial charge on any atom is 0.316 e. The molecule has 0 N–H and O–H groups in total. The van der Waals surface area contributed by atoms with E-state index in [4.69, 9.17) is 11.6 Å². The molecule has 2 aromatic rings. The molecular weight excluding hydrogens is 298 g/mol. The van der Waals surface area contributed by atoms with Crippen molar-refractivity contribution in [3.63, 3.8) is 0 Å². The number of rotatable bonds is 5. The number of ether oxygens (including phenoxy) is 1. The van der Waals surface area contributed by atoms with Crippen LogP contribution in [0.25, 0.3) is 0 Å². The molecule has 0 spiro atoms. The number of hydrogen-bond acceptors (Lipinski definition) is 5. The summed E-state index contributed by atoms with van der Waals surface area (Å²) in [6.45, 7) is 0. The number of nitrogens with zero attached hydrogens (tertiary/aromatic N) is 3. The lowest BCUT2D eigenvalue weighted by molar-refractivity contribution is -0.137. The van der Waals surface area contributed by atoms with Gasteiger partial charge >= 0.3 is 5.97 Å². The maximum absolute atomic E-state index is 11.1. The van der Waals surface area contributed by atoms with Crippen molar-refractivity contribution in [3.05, 3.63) is 40.7 Å². The van der Waals surface area contributed by atoms with Gasteiger partial charge in [0.2, 0.25) is 0 Å². The summed E-state index contributed by atoms with van der Waals surface area (Å²) in [6.07, 6.45) is 0.666. The van der Waals surface area contributed by atoms with E-state index in [2.05, 4.69) is 14.9 Å². The van der Waals surface area contributed by atoms with E-state index in [0.717, 1.165) is 11.4 Å². The Morgan fingerprint density at radius 3 is 2.70 bits per heavy atom. The average molecular weight is 312 g/mol. The molecule has 0 radical (unpaired) electrons. The van der Waals surface area contributed by atoms with E-state index in [1.165, 1.54) is 18.9 Å². The van der Waals surface area contributed by atoms with E-state index in [-0.39, 0.29) is 11.7 Å². The van der Waals surface area contributed by atoms with Crippen molar-refractivity contribution in [2.75, 3.05) is 12.9 Å². The summed E-state index contributed by atoms with van der Waals surface area (Å²) in [5, 5.41) is 9.63. The number of thioether (sulfide) groups is 1. The Kier molecular flexibility index (Phi) is 5.03. The largest absolute Gasteiger partial charge is 0.468 e. The van der Waals surface area contributed by atoms with Crippen LogP contribution in [0.5, 0.6) is 0 Å². The molecule has 0 saturated carbocycles. The fraction of sp³-hybridized carbons (Fsp3) is 0.308. The van der Waals surface area contributed by atoms with Crippen LogP contribution in [0.3, 0.4) is 0 Å². The molecule has 0 aliphatic carbocycles. The van der Waals surface area contributed by atoms with Crippen LogP contribution in [0.1, 0.15) is 11.4 Å². The molecule has 0 unspecified atom stereocenters. The first-order valence-electron chi connectivity index (χ1n) is 5.92. The predicted molar refractivity (Wildman–Crippen MR) is 78.0 cm³/mol. The molecule has 0 fully saturated rings. The van der Waals surface area contributed by atoms with Crippen molar-refractivity contribution in [2.45, 2.75) is 11.6 Å². The minimum atomic E-state index is -0.280. The van der Waals surface area contributed by atoms with Crippen LogP contribution in [0.2, 0.25) is 5.02 Å². The van der Waals surface area contributed by atoms with Crippen molar-refractivity contribution >= 4 is 29.3 Å². The van der Waals surface area contributed by atoms with Crippen molar-refractivity contribution in [1.82, 2.24) is 14.8 Å². The van der Waals surface area contributed by atoms with Crippen LogP contribution in [0, 0.1) is 0 Å². The highest BCUT2D eigenvalue weighted by atomic mass is 35.5. The van der Waals surface area contributed by atoms with Crippen molar-refractivity contribution in [2.24, 2.45) is 7.05 Å². The standard InChI is InChI=1S/C13H14ClN3O2S/c1-17-11(7-9-3-5-10(14)6-4-9)15-16-13(17)20-8-12(18)19-2/h3-6H,7-8H2,1-2H3. The molecule has 0 bridgehead atoms. The summed E-state index contributed by atoms with van der Waals surface area (Å²) in [7, 11) is 3.25. The summed E-state index contributed by atoms with van der Waals surface area (Å²) >= 11 is 7.16. The van der Waals surface area contributed by atoms with Crippen LogP contribution in [-0.4, -0.2) is 33.6 Å². The predicted octanol–water partition coefficient (Wildman–Crippen LogP) is 2.32. The van der Waals surface area contributed by atoms with Gasteiger partial charge < -0.3 is 9.30 Å². The Balaban J connectivity index is 2.04. The van der Waals surface area contributed by atoms with E-state index in [9.17, 15) is 4.79 Å². The third-order valence-corrected chi connectivity index (χ3v) is 3.99. The van der Waals surface area contributed by atoms with E-state index in [1.807, 2.05) is 35.9 Å². The number of carbonyl (C=O) groups excluding carboxylic acids is 1. The third-order valence-electron chi connectivity index (χ3n) is 2.75. The van der Waals surface area contributed by atoms with Gasteiger partial charge in [0.15, 0.2) is 5.16 Å². The van der Waals surface area contributed by atoms with Crippen LogP contribution < -0.4 is 0 Å². The SMILES string of the molecule is COC(=O)CSc1nnc(Cc2ccc(Cl)cc2)n1C. The monoisotopic (exact) mass is 311 g/mol. The normalized spacial score (nSPS) is 10.6. The van der Waals surface area contributed by atoms with E-state index >= 15 is 0 Å². The number of methoxy groups -OCH3 is 1. The molecule has 1 heterocycles. The molecule has 2 rings (SSSR count). The fourth-order valence-corrected chi connectivity index (χ4v) is 2.48. The molecule has 5 nitrogen and oxygen atoms in total. The van der Waals surface area contributed by atoms with Gasteiger partial charge in [-0.15, -0.1) is 10.2 Å². The van der Waals surface area contributed by atoms with Crippen molar-refractivity contribution < 1.29 is 9.53 Å². The van der Waals surface area contributed by atoms with Gasteiger partial charge in [-0.3, -0.25) is 4.79 Å². The minimum absolute atomic E-state index is 0.226. The summed E-state index contributed by atoms with van der Waals surface area (Å²) in [4.78, 5) is 11.1. The smallest absolute Gasteiger partial charge is 0.316 e. The molecule has 106 valence electrons. The topological polar surface area (TPSA) is 57.0 Å². The molecule has 7 heteroatoms. The van der Waals surface area contributed by atoms with Crippen LogP contribution in [-0.2, 0) is 23.0 Å². The maximum atomic E-state index is 11.1. The van der Waals surface area contributed by atoms with E-state index in [0.29, 0.717) is 16.6 Å². The molecule has 1 aromatic carbocycles. The molecule has 0 aliphatic rings. The lowest BCUT2D eigenvalue weighted by Gasteiger charge is -2.04. The van der Waals surface area contributed by atoms with Crippen molar-refractivity contribution in [1.29, 1.82) is 0 Å². The number of carbonyl (C=O) groups is 1. The number of benzene rings is 1. The second-order valence-electron chi connectivity index (χ2n) is 4.13. The third kappa shape index (κ3) is 3.74. The fourth-order valence-electron chi connectivity index (χ4n) is 1.59. The zero-order valence-electron chi connectivity index (χ0n) is 11.2. The zero-order chi connectivity index (χ0) is 14.5. The van der Waals surface area contributed by atoms with E-state index < -0.39 is 0 Å². The summed E-state index contributed by atoms with van der Waals surface area (Å²) in [6, 6.07) is 7.61. The first-order valence-corrected chi connectivity index (χ1v) is 7.29. The molecule has 0 atom stereocenters. The highest BCUT2D eigenvalue weighted by Crippen LogP contribution is 2.18. The zero-order valence-corrected chi connectivity index (χ0v) is 12.7. The molecule has 0 aliphatic heterocycles. The second-order valence-corrected chi connectivity index (χ2v) is 5.50. The van der Waals surface area contributed by atoms with Gasteiger partial charge in [-0.25, -0.2) is 0 Å². The van der Waals surface area contributed by atoms with Crippen LogP contribution in [0.15, 0.2) is 29.4 Å². The van der Waals surface area contributed by atoms with Gasteiger partial charge in [0.25, 0.3) is 0 Å². The van der Waals surface area contributed by atoms with Crippen LogP contribution >= 0.6 is 23.4 Å². The van der Waals surface area contributed by atoms with Gasteiger partial charge in [-0.05, 0) is 17.7 Å². The molecule has 20 heavy (non-hydrogen) atoms. The van der Waals surface area contributed by atoms with Gasteiger partial charge in [0, 0.05) is 18.5 Å². The van der Waals surface area contributed by atoms with Gasteiger partial charge in [0.05, 0.1) is 12.9 Å². The molecule has 0 saturated heterocycles. The van der Waals surface area contributed by atoms with Gasteiger partial charge in [-0.2, -0.15) is 0 Å². The number of hydrogen-bond donors (Lipinski definition) is 0. The molecule has 0 amide bonds. The first-order chi connectivity index (χ1) is 9.60. The highest BCUT2D eigenvalue weighted by Gasteiger charge is 2.11. The Morgan fingerprint density at radius 1 is 1.35 bits per heavy atom. The van der Waals surface area contributed by atoms with Gasteiger partial charge in [0.1, 0.15) is 5.82 Å². The Hall–Kier alpha value is -1.53. The summed E-state index contributed by atoms with van der Waals surface area (Å²) in [5.41, 5.74) is 1.11. The Morgan fingerprint density at radius 2 is 2.05 bits per heavy atom. The second kappa shape index (κ2) is 6.76. The highest BCUT2D eigenvalue weighted by molar-refractivity contribution is 7.99. The van der Waals surface area contributed by atoms with Crippen molar-refractivity contribution in [3.8, 4) is 0 Å². The van der Waals surface area contributed by atoms with E-state index in [1.54, 1.807) is 0 Å². The molecule has 1 aromatic heterocycles. The number of esters is 1. The summed E-state index contributed by atoms with van der Waals surface area (Å²) in [5.74, 6) is 0.778. The Labute approximate surface area is 126 Å². The van der Waals surface area contributed by atoms with Gasteiger partial charge in [-0.1, -0.05) is 35.5 Å². The lowest BCUT2D eigenvalue weighted by Crippen LogP contribution is -2.05.